The fourth-order valence-electron chi connectivity index (χ4n) is 3.96. The van der Waals surface area contributed by atoms with Crippen LogP contribution in [0.1, 0.15) is 52.4 Å². The molecule has 1 aliphatic rings. The number of aromatic hydroxyl groups is 3. The second-order valence-electron chi connectivity index (χ2n) is 7.38. The van der Waals surface area contributed by atoms with Gasteiger partial charge in [0.25, 0.3) is 0 Å². The van der Waals surface area contributed by atoms with Crippen molar-refractivity contribution in [3.8, 4) is 28.7 Å². The molecule has 0 saturated carbocycles. The highest BCUT2D eigenvalue weighted by Crippen LogP contribution is 2.49. The van der Waals surface area contributed by atoms with E-state index in [4.69, 9.17) is 9.47 Å². The van der Waals surface area contributed by atoms with Crippen molar-refractivity contribution in [1.82, 2.24) is 0 Å². The second kappa shape index (κ2) is 7.63. The maximum atomic E-state index is 12.0. The summed E-state index contributed by atoms with van der Waals surface area (Å²) < 4.78 is 11.7. The summed E-state index contributed by atoms with van der Waals surface area (Å²) >= 11 is 0. The van der Waals surface area contributed by atoms with Crippen molar-refractivity contribution >= 4 is 5.78 Å². The molecule has 3 aromatic rings. The highest BCUT2D eigenvalue weighted by atomic mass is 16.5. The Morgan fingerprint density at radius 3 is 2.33 bits per heavy atom. The lowest BCUT2D eigenvalue weighted by Gasteiger charge is -2.33. The number of phenols is 3. The summed E-state index contributed by atoms with van der Waals surface area (Å²) in [4.78, 5) is 12.0. The van der Waals surface area contributed by atoms with Crippen LogP contribution in [-0.2, 0) is 0 Å². The van der Waals surface area contributed by atoms with E-state index >= 15 is 0 Å². The highest BCUT2D eigenvalue weighted by molar-refractivity contribution is 5.97. The SMILES string of the molecule is COc1cc(O)c(C(C)=O)cc1[C@H]1C[C@@H](c2ccc(O)cc2)Oc2cc(O)ccc21. The van der Waals surface area contributed by atoms with Gasteiger partial charge in [0.1, 0.15) is 34.9 Å². The number of ketones is 1. The minimum Gasteiger partial charge on any atom is -0.508 e. The van der Waals surface area contributed by atoms with E-state index in [2.05, 4.69) is 0 Å². The van der Waals surface area contributed by atoms with Crippen molar-refractivity contribution in [2.75, 3.05) is 7.11 Å². The van der Waals surface area contributed by atoms with Gasteiger partial charge in [0.2, 0.25) is 0 Å². The molecule has 30 heavy (non-hydrogen) atoms. The van der Waals surface area contributed by atoms with E-state index in [1.165, 1.54) is 20.1 Å². The van der Waals surface area contributed by atoms with Crippen LogP contribution in [-0.4, -0.2) is 28.2 Å². The number of Topliss-reactive ketones (excluding diaryl/α,β-unsaturated/α-hetero) is 1. The Bertz CT molecular complexity index is 1100. The van der Waals surface area contributed by atoms with Gasteiger partial charge in [-0.3, -0.25) is 4.79 Å². The van der Waals surface area contributed by atoms with Gasteiger partial charge in [0.15, 0.2) is 5.78 Å². The maximum absolute atomic E-state index is 12.0. The Hall–Kier alpha value is -3.67. The average Bonchev–Trinajstić information content (AvgIpc) is 2.72. The first-order valence-corrected chi connectivity index (χ1v) is 9.57. The summed E-state index contributed by atoms with van der Waals surface area (Å²) in [5.41, 5.74) is 2.69. The summed E-state index contributed by atoms with van der Waals surface area (Å²) in [6.45, 7) is 1.40. The number of hydrogen-bond donors (Lipinski definition) is 3. The van der Waals surface area contributed by atoms with Crippen LogP contribution < -0.4 is 9.47 Å². The van der Waals surface area contributed by atoms with Gasteiger partial charge >= 0.3 is 0 Å². The van der Waals surface area contributed by atoms with Crippen molar-refractivity contribution < 1.29 is 29.6 Å². The van der Waals surface area contributed by atoms with E-state index in [0.29, 0.717) is 17.9 Å². The van der Waals surface area contributed by atoms with Gasteiger partial charge in [0, 0.05) is 29.2 Å². The van der Waals surface area contributed by atoms with Crippen LogP contribution in [0.25, 0.3) is 0 Å². The smallest absolute Gasteiger partial charge is 0.163 e. The molecule has 4 rings (SSSR count). The molecule has 0 fully saturated rings. The number of methoxy groups -OCH3 is 1. The van der Waals surface area contributed by atoms with Crippen molar-refractivity contribution in [2.45, 2.75) is 25.4 Å². The quantitative estimate of drug-likeness (QED) is 0.545. The lowest BCUT2D eigenvalue weighted by Crippen LogP contribution is -2.20. The topological polar surface area (TPSA) is 96.2 Å². The molecule has 1 aliphatic heterocycles. The van der Waals surface area contributed by atoms with Gasteiger partial charge in [-0.2, -0.15) is 0 Å². The summed E-state index contributed by atoms with van der Waals surface area (Å²) in [7, 11) is 1.51. The van der Waals surface area contributed by atoms with Gasteiger partial charge in [-0.1, -0.05) is 18.2 Å². The van der Waals surface area contributed by atoms with Crippen molar-refractivity contribution in [2.24, 2.45) is 0 Å². The maximum Gasteiger partial charge on any atom is 0.163 e. The van der Waals surface area contributed by atoms with Gasteiger partial charge < -0.3 is 24.8 Å². The molecule has 6 nitrogen and oxygen atoms in total. The zero-order valence-corrected chi connectivity index (χ0v) is 16.6. The minimum absolute atomic E-state index is 0.0842. The zero-order valence-electron chi connectivity index (χ0n) is 16.6. The zero-order chi connectivity index (χ0) is 21.4. The Balaban J connectivity index is 1.87. The summed E-state index contributed by atoms with van der Waals surface area (Å²) in [5, 5.41) is 29.8. The summed E-state index contributed by atoms with van der Waals surface area (Å²) in [5.74, 6) is 0.663. The van der Waals surface area contributed by atoms with E-state index in [9.17, 15) is 20.1 Å². The predicted octanol–water partition coefficient (Wildman–Crippen LogP) is 4.67. The monoisotopic (exact) mass is 406 g/mol. The Labute approximate surface area is 174 Å². The van der Waals surface area contributed by atoms with Gasteiger partial charge in [0.05, 0.1) is 12.7 Å². The molecule has 0 aromatic heterocycles. The number of phenolic OH excluding ortho intramolecular Hbond substituents is 3. The largest absolute Gasteiger partial charge is 0.508 e. The first-order valence-electron chi connectivity index (χ1n) is 9.57. The van der Waals surface area contributed by atoms with Crippen LogP contribution in [0.15, 0.2) is 54.6 Å². The second-order valence-corrected chi connectivity index (χ2v) is 7.38. The average molecular weight is 406 g/mol. The molecule has 154 valence electrons. The molecule has 3 N–H and O–H groups in total. The number of benzene rings is 3. The van der Waals surface area contributed by atoms with Crippen molar-refractivity contribution in [3.05, 3.63) is 76.9 Å². The Kier molecular flexibility index (Phi) is 4.99. The number of fused-ring (bicyclic) bond motifs is 1. The van der Waals surface area contributed by atoms with Crippen LogP contribution in [0.5, 0.6) is 28.7 Å². The van der Waals surface area contributed by atoms with Crippen LogP contribution in [0.2, 0.25) is 0 Å². The summed E-state index contributed by atoms with van der Waals surface area (Å²) in [6.07, 6.45) is 0.199. The molecule has 0 spiro atoms. The molecule has 0 bridgehead atoms. The lowest BCUT2D eigenvalue weighted by atomic mass is 9.81. The highest BCUT2D eigenvalue weighted by Gasteiger charge is 2.33. The molecular formula is C24H22O6. The van der Waals surface area contributed by atoms with E-state index < -0.39 is 0 Å². The first kappa shape index (κ1) is 19.6. The molecule has 2 atom stereocenters. The molecule has 0 unspecified atom stereocenters. The van der Waals surface area contributed by atoms with Gasteiger partial charge in [-0.25, -0.2) is 0 Å². The third kappa shape index (κ3) is 3.52. The van der Waals surface area contributed by atoms with Gasteiger partial charge in [-0.15, -0.1) is 0 Å². The third-order valence-electron chi connectivity index (χ3n) is 5.46. The van der Waals surface area contributed by atoms with Crippen LogP contribution in [0.3, 0.4) is 0 Å². The number of carbonyl (C=O) groups excluding carboxylic acids is 1. The fraction of sp³-hybridized carbons (Fsp3) is 0.208. The summed E-state index contributed by atoms with van der Waals surface area (Å²) in [6, 6.07) is 14.8. The van der Waals surface area contributed by atoms with E-state index in [1.54, 1.807) is 48.5 Å². The standard InChI is InChI=1S/C24H22O6/c1-13(25)18-10-20(23(29-2)12-21(18)28)19-11-22(14-3-5-15(26)6-4-14)30-24-9-16(27)7-8-17(19)24/h3-10,12,19,22,26-28H,11H2,1-2H3/t19-,22-/m0/s1. The van der Waals surface area contributed by atoms with Crippen LogP contribution in [0.4, 0.5) is 0 Å². The van der Waals surface area contributed by atoms with Crippen LogP contribution >= 0.6 is 0 Å². The molecule has 1 heterocycles. The van der Waals surface area contributed by atoms with Gasteiger partial charge in [-0.05, 0) is 43.2 Å². The first-order chi connectivity index (χ1) is 14.4. The molecule has 0 saturated heterocycles. The van der Waals surface area contributed by atoms with E-state index in [-0.39, 0.29) is 40.6 Å². The number of rotatable bonds is 4. The number of carbonyl (C=O) groups is 1. The Morgan fingerprint density at radius 2 is 1.67 bits per heavy atom. The van der Waals surface area contributed by atoms with E-state index in [0.717, 1.165) is 16.7 Å². The minimum atomic E-state index is -0.343. The van der Waals surface area contributed by atoms with E-state index in [1.807, 2.05) is 0 Å². The lowest BCUT2D eigenvalue weighted by molar-refractivity contribution is 0.101. The normalized spacial score (nSPS) is 17.7. The number of hydrogen-bond acceptors (Lipinski definition) is 6. The third-order valence-corrected chi connectivity index (χ3v) is 5.46. The Morgan fingerprint density at radius 1 is 0.967 bits per heavy atom. The molecule has 6 heteroatoms. The predicted molar refractivity (Wildman–Crippen MR) is 111 cm³/mol. The van der Waals surface area contributed by atoms with Crippen LogP contribution in [0, 0.1) is 0 Å². The molecule has 3 aromatic carbocycles. The fourth-order valence-corrected chi connectivity index (χ4v) is 3.96. The number of ether oxygens (including phenoxy) is 2. The van der Waals surface area contributed by atoms with Crippen molar-refractivity contribution in [1.29, 1.82) is 0 Å². The van der Waals surface area contributed by atoms with Crippen molar-refractivity contribution in [3.63, 3.8) is 0 Å². The molecule has 0 radical (unpaired) electrons. The molecule has 0 aliphatic carbocycles. The molecule has 0 amide bonds. The molecular weight excluding hydrogens is 384 g/mol.